The fraction of sp³-hybridized carbons (Fsp3) is 0.250. The highest BCUT2D eigenvalue weighted by atomic mass is 32.2. The van der Waals surface area contributed by atoms with Crippen LogP contribution in [0.15, 0.2) is 117 Å². The number of rotatable bonds is 8. The topological polar surface area (TPSA) is 232 Å². The maximum Gasteiger partial charge on any atom is 0.196 e. The Labute approximate surface area is 351 Å². The number of amidine groups is 2. The van der Waals surface area contributed by atoms with E-state index in [4.69, 9.17) is 10.8 Å². The number of nitrogens with zero attached hydrogens (tertiary/aromatic N) is 4. The minimum absolute atomic E-state index is 0. The van der Waals surface area contributed by atoms with Gasteiger partial charge in [-0.3, -0.25) is 10.8 Å². The standard InChI is InChI=1S/2C15H19N4S.C10H8O6S2.H2O/c2*1-3-18-10-17-8-13(15(18)16)9-19-6-4-12-5-7-20-14(12)11(19)2;11-17(12,13)9-5-1-3-7-8(9)4-2-6-10(7)18(14,15)16;/h2*4-8,16-17H,3,9-10H2,1-2H3;1-6H,(H,11,12,13)(H,14,15,16);1H2/q2*+1;;/p-2. The number of aromatic nitrogens is 2. The summed E-state index contributed by atoms with van der Waals surface area (Å²) in [7, 11) is -9.48. The molecule has 0 amide bonds. The zero-order chi connectivity index (χ0) is 41.8. The molecular formula is C40H46N8O7S4. The van der Waals surface area contributed by atoms with Gasteiger partial charge in [0.2, 0.25) is 0 Å². The first-order valence-electron chi connectivity index (χ1n) is 18.3. The Morgan fingerprint density at radius 3 is 1.41 bits per heavy atom. The second-order valence-corrected chi connectivity index (χ2v) is 18.0. The SMILES string of the molecule is CCN1CNC=C(C[n+]2ccc3ccsc3c2C)C1=N.CCN1CNC=C(C[n+]2ccc3ccsc3c2C)C1=N.O.O=S(=O)([O-])c1cccc2c(S(=O)(=O)[O-])cccc12. The van der Waals surface area contributed by atoms with Gasteiger partial charge in [-0.15, -0.1) is 22.7 Å². The smallest absolute Gasteiger partial charge is 0.196 e. The molecule has 2 aliphatic heterocycles. The molecule has 19 heteroatoms. The number of hydrogen-bond acceptors (Lipinski definition) is 12. The van der Waals surface area contributed by atoms with Gasteiger partial charge in [-0.25, -0.2) is 16.8 Å². The lowest BCUT2D eigenvalue weighted by atomic mass is 10.1. The molecule has 0 saturated heterocycles. The minimum atomic E-state index is -4.74. The quantitative estimate of drug-likeness (QED) is 0.125. The average Bonchev–Trinajstić information content (AvgIpc) is 3.89. The van der Waals surface area contributed by atoms with Gasteiger partial charge in [0, 0.05) is 73.0 Å². The van der Waals surface area contributed by atoms with Crippen LogP contribution in [0.2, 0.25) is 0 Å². The monoisotopic (exact) mass is 878 g/mol. The van der Waals surface area contributed by atoms with Gasteiger partial charge >= 0.3 is 0 Å². The van der Waals surface area contributed by atoms with E-state index in [-0.39, 0.29) is 16.2 Å². The molecule has 0 fully saturated rings. The number of fused-ring (bicyclic) bond motifs is 3. The highest BCUT2D eigenvalue weighted by Crippen LogP contribution is 2.28. The van der Waals surface area contributed by atoms with E-state index in [1.807, 2.05) is 22.2 Å². The van der Waals surface area contributed by atoms with Crippen molar-refractivity contribution < 1.29 is 40.6 Å². The molecule has 2 aromatic carbocycles. The second-order valence-electron chi connectivity index (χ2n) is 13.5. The number of nitrogens with one attached hydrogen (secondary N) is 4. The third kappa shape index (κ3) is 9.96. The van der Waals surface area contributed by atoms with Crippen LogP contribution in [-0.4, -0.2) is 79.3 Å². The molecule has 0 atom stereocenters. The summed E-state index contributed by atoms with van der Waals surface area (Å²) in [5.41, 5.74) is 4.59. The molecule has 6 N–H and O–H groups in total. The molecule has 0 saturated carbocycles. The van der Waals surface area contributed by atoms with Crippen LogP contribution in [0, 0.1) is 24.7 Å². The Hall–Kier alpha value is -5.28. The van der Waals surface area contributed by atoms with Crippen LogP contribution in [-0.2, 0) is 33.3 Å². The number of benzene rings is 2. The van der Waals surface area contributed by atoms with Crippen LogP contribution in [0.1, 0.15) is 25.2 Å². The molecule has 0 radical (unpaired) electrons. The van der Waals surface area contributed by atoms with Gasteiger partial charge in [0.25, 0.3) is 0 Å². The van der Waals surface area contributed by atoms with Crippen LogP contribution in [0.5, 0.6) is 0 Å². The fourth-order valence-electron chi connectivity index (χ4n) is 6.75. The van der Waals surface area contributed by atoms with E-state index in [0.29, 0.717) is 11.7 Å². The van der Waals surface area contributed by atoms with E-state index in [1.54, 1.807) is 22.7 Å². The largest absolute Gasteiger partial charge is 0.744 e. The first-order valence-corrected chi connectivity index (χ1v) is 22.9. The molecule has 4 aromatic heterocycles. The van der Waals surface area contributed by atoms with E-state index in [9.17, 15) is 25.9 Å². The van der Waals surface area contributed by atoms with Gasteiger partial charge in [0.15, 0.2) is 36.9 Å². The summed E-state index contributed by atoms with van der Waals surface area (Å²) in [6.07, 6.45) is 8.17. The molecule has 0 bridgehead atoms. The van der Waals surface area contributed by atoms with Crippen LogP contribution in [0.3, 0.4) is 0 Å². The molecule has 6 heterocycles. The molecule has 59 heavy (non-hydrogen) atoms. The van der Waals surface area contributed by atoms with Gasteiger partial charge in [0.1, 0.15) is 41.3 Å². The lowest BCUT2D eigenvalue weighted by molar-refractivity contribution is -0.692. The van der Waals surface area contributed by atoms with Gasteiger partial charge in [-0.1, -0.05) is 24.3 Å². The third-order valence-electron chi connectivity index (χ3n) is 9.96. The van der Waals surface area contributed by atoms with Crippen molar-refractivity contribution in [3.63, 3.8) is 0 Å². The normalized spacial score (nSPS) is 14.3. The van der Waals surface area contributed by atoms with E-state index >= 15 is 0 Å². The van der Waals surface area contributed by atoms with Crippen molar-refractivity contribution in [3.05, 3.63) is 119 Å². The predicted molar refractivity (Wildman–Crippen MR) is 229 cm³/mol. The lowest BCUT2D eigenvalue weighted by Crippen LogP contribution is -2.47. The summed E-state index contributed by atoms with van der Waals surface area (Å²) in [5, 5.41) is 29.7. The van der Waals surface area contributed by atoms with Gasteiger partial charge in [0.05, 0.1) is 34.3 Å². The summed E-state index contributed by atoms with van der Waals surface area (Å²) in [4.78, 5) is 2.97. The Bertz CT molecular complexity index is 2630. The summed E-state index contributed by atoms with van der Waals surface area (Å²) in [6, 6.07) is 15.7. The number of hydrogen-bond donors (Lipinski definition) is 4. The zero-order valence-electron chi connectivity index (χ0n) is 32.9. The first kappa shape index (κ1) is 44.8. The Morgan fingerprint density at radius 1 is 0.661 bits per heavy atom. The molecule has 6 aromatic rings. The van der Waals surface area contributed by atoms with Crippen molar-refractivity contribution in [2.24, 2.45) is 0 Å². The van der Waals surface area contributed by atoms with Gasteiger partial charge in [-0.2, -0.15) is 9.13 Å². The van der Waals surface area contributed by atoms with Crippen molar-refractivity contribution >= 4 is 85.5 Å². The second kappa shape index (κ2) is 18.8. The Kier molecular flexibility index (Phi) is 14.2. The number of thiophene rings is 2. The van der Waals surface area contributed by atoms with Crippen LogP contribution < -0.4 is 19.8 Å². The first-order chi connectivity index (χ1) is 27.6. The van der Waals surface area contributed by atoms with Crippen LogP contribution in [0.25, 0.3) is 30.9 Å². The highest BCUT2D eigenvalue weighted by molar-refractivity contribution is 7.86. The van der Waals surface area contributed by atoms with Gasteiger partial charge < -0.3 is 35.0 Å². The van der Waals surface area contributed by atoms with Crippen LogP contribution in [0.4, 0.5) is 0 Å². The molecule has 15 nitrogen and oxygen atoms in total. The molecule has 0 spiro atoms. The van der Waals surface area contributed by atoms with Crippen molar-refractivity contribution in [2.75, 3.05) is 26.4 Å². The molecule has 8 rings (SSSR count). The summed E-state index contributed by atoms with van der Waals surface area (Å²) >= 11 is 3.55. The van der Waals surface area contributed by atoms with Crippen molar-refractivity contribution in [1.29, 1.82) is 10.8 Å². The molecular weight excluding hydrogens is 833 g/mol. The summed E-state index contributed by atoms with van der Waals surface area (Å²) < 4.78 is 73.3. The summed E-state index contributed by atoms with van der Waals surface area (Å²) in [5.74, 6) is 1.26. The maximum absolute atomic E-state index is 11.0. The Balaban J connectivity index is 0.000000167. The van der Waals surface area contributed by atoms with Crippen molar-refractivity contribution in [3.8, 4) is 0 Å². The lowest BCUT2D eigenvalue weighted by Gasteiger charge is -2.28. The third-order valence-corrected chi connectivity index (χ3v) is 13.8. The number of aryl methyl sites for hydroxylation is 2. The van der Waals surface area contributed by atoms with E-state index in [2.05, 4.69) is 94.9 Å². The fourth-order valence-corrected chi connectivity index (χ4v) is 9.96. The number of likely N-dealkylation sites (N-methyl/N-ethyl adjacent to an activating group) is 2. The van der Waals surface area contributed by atoms with Crippen molar-refractivity contribution in [1.82, 2.24) is 20.4 Å². The predicted octanol–water partition coefficient (Wildman–Crippen LogP) is 4.31. The Morgan fingerprint density at radius 2 is 1.05 bits per heavy atom. The molecule has 0 aliphatic carbocycles. The van der Waals surface area contributed by atoms with Crippen molar-refractivity contribution in [2.45, 2.75) is 50.6 Å². The minimum Gasteiger partial charge on any atom is -0.744 e. The van der Waals surface area contributed by atoms with E-state index < -0.39 is 30.0 Å². The number of pyridine rings is 2. The van der Waals surface area contributed by atoms with E-state index in [0.717, 1.165) is 62.8 Å². The molecule has 312 valence electrons. The van der Waals surface area contributed by atoms with Crippen LogP contribution >= 0.6 is 22.7 Å². The highest BCUT2D eigenvalue weighted by Gasteiger charge is 2.23. The molecule has 2 aliphatic rings. The average molecular weight is 879 g/mol. The summed E-state index contributed by atoms with van der Waals surface area (Å²) in [6.45, 7) is 13.1. The zero-order valence-corrected chi connectivity index (χ0v) is 36.1. The molecule has 0 unspecified atom stereocenters. The maximum atomic E-state index is 11.0. The van der Waals surface area contributed by atoms with E-state index in [1.165, 1.54) is 55.8 Å². The van der Waals surface area contributed by atoms with Gasteiger partial charge in [-0.05, 0) is 48.9 Å².